The second-order valence-corrected chi connectivity index (χ2v) is 36.5. The van der Waals surface area contributed by atoms with Gasteiger partial charge in [0.1, 0.15) is 33.0 Å². The molecule has 0 spiro atoms. The Kier molecular flexibility index (Phi) is 62.3. The quantitative estimate of drug-likeness (QED) is 0.0172. The van der Waals surface area contributed by atoms with Crippen molar-refractivity contribution in [2.24, 2.45) is 10.8 Å². The third-order valence-corrected chi connectivity index (χ3v) is 23.6. The summed E-state index contributed by atoms with van der Waals surface area (Å²) in [5.41, 5.74) is -3.11. The Morgan fingerprint density at radius 1 is 0.293 bits per heavy atom. The summed E-state index contributed by atoms with van der Waals surface area (Å²) in [6.45, 7) is 51.4. The lowest BCUT2D eigenvalue weighted by Gasteiger charge is -2.35. The molecule has 7 saturated heterocycles. The Morgan fingerprint density at radius 2 is 0.549 bits per heavy atom. The molecule has 0 radical (unpaired) electrons. The Balaban J connectivity index is 0.000000428. The van der Waals surface area contributed by atoms with Gasteiger partial charge in [-0.1, -0.05) is 13.3 Å². The van der Waals surface area contributed by atoms with Gasteiger partial charge in [0.25, 0.3) is 0 Å². The van der Waals surface area contributed by atoms with Gasteiger partial charge in [-0.05, 0) is 134 Å². The Morgan fingerprint density at radius 3 is 0.805 bits per heavy atom. The van der Waals surface area contributed by atoms with Crippen molar-refractivity contribution in [2.45, 2.75) is 227 Å². The first-order chi connectivity index (χ1) is 63.8. The maximum absolute atomic E-state index is 12.6. The van der Waals surface area contributed by atoms with Crippen molar-refractivity contribution in [3.05, 3.63) is 0 Å². The molecule has 0 saturated carbocycles. The first kappa shape index (κ1) is 119. The molecule has 7 aliphatic rings. The maximum atomic E-state index is 12.6. The number of nitrogens with one attached hydrogen (secondary N) is 7. The molecule has 0 aromatic rings. The molecule has 41 nitrogen and oxygen atoms in total. The number of esters is 1. The van der Waals surface area contributed by atoms with E-state index in [0.717, 1.165) is 136 Å². The second-order valence-electron chi connectivity index (χ2n) is 36.5. The molecule has 7 aliphatic heterocycles. The predicted molar refractivity (Wildman–Crippen MR) is 501 cm³/mol. The smallest absolute Gasteiger partial charge is 0.408 e. The average molecular weight is 1910 g/mol. The van der Waals surface area contributed by atoms with Gasteiger partial charge in [-0.3, -0.25) is 39.1 Å². The van der Waals surface area contributed by atoms with Crippen LogP contribution in [-0.2, 0) is 99.6 Å². The zero-order valence-corrected chi connectivity index (χ0v) is 84.3. The number of nitrogens with zero attached hydrogens (tertiary/aromatic N) is 7. The number of hydrogen-bond donors (Lipinski definition) is 7. The summed E-state index contributed by atoms with van der Waals surface area (Å²) in [4.78, 5) is 113. The fraction of sp³-hybridized carbons (Fsp3) is 0.913. The molecule has 7 amide bonds. The van der Waals surface area contributed by atoms with Gasteiger partial charge in [0.2, 0.25) is 11.5 Å². The molecule has 41 heteroatoms. The summed E-state index contributed by atoms with van der Waals surface area (Å²) in [5, 5.41) is 19.3. The summed E-state index contributed by atoms with van der Waals surface area (Å²) in [6, 6.07) is 3.08. The number of amides is 7. The van der Waals surface area contributed by atoms with Gasteiger partial charge < -0.3 is 127 Å². The van der Waals surface area contributed by atoms with Gasteiger partial charge in [-0.2, -0.15) is 0 Å². The first-order valence-electron chi connectivity index (χ1n) is 48.6. The number of carbonyl (C=O) groups excluding carboxylic acids is 8. The zero-order valence-electron chi connectivity index (χ0n) is 84.3. The van der Waals surface area contributed by atoms with Crippen LogP contribution >= 0.6 is 0 Å². The normalized spacial score (nSPS) is 19.0. The van der Waals surface area contributed by atoms with E-state index >= 15 is 0 Å². The van der Waals surface area contributed by atoms with Crippen LogP contribution in [0.5, 0.6) is 0 Å². The molecule has 12 unspecified atom stereocenters. The SMILES string of the molecule is CC(=O)NCCC(C)N1CC1.CC(CCNC(=O)OCCOCC(COCCOC(=O)NCCC(C)N1CC1)(COCCOC(=O)NCCC(C)N1CC1)COCCOC(=O)NCCC(C)N1CC1)N1CC1.CCCCOC(=O)C(C)(COC(=O)NCCC(C)N1CC1)OC(=O)NCCC(C)N1CC1.COCC(C)OCC(COCC(C)OC)(COCC(C)OC)COC(C)COC. The zero-order chi connectivity index (χ0) is 97.7. The van der Waals surface area contributed by atoms with Crippen LogP contribution in [0.2, 0.25) is 0 Å². The Labute approximate surface area is 794 Å². The number of methoxy groups -OCH3 is 4. The molecule has 776 valence electrons. The van der Waals surface area contributed by atoms with E-state index in [4.69, 9.17) is 90.0 Å². The van der Waals surface area contributed by atoms with Gasteiger partial charge in [-0.25, -0.2) is 33.6 Å². The van der Waals surface area contributed by atoms with Crippen LogP contribution in [0, 0.1) is 10.8 Å². The van der Waals surface area contributed by atoms with Crippen LogP contribution < -0.4 is 37.2 Å². The van der Waals surface area contributed by atoms with Crippen LogP contribution in [0.25, 0.3) is 0 Å². The van der Waals surface area contributed by atoms with Crippen molar-refractivity contribution in [1.29, 1.82) is 0 Å². The van der Waals surface area contributed by atoms with Crippen molar-refractivity contribution >= 4 is 48.4 Å². The van der Waals surface area contributed by atoms with Gasteiger partial charge in [0.15, 0.2) is 0 Å². The number of hydrogen-bond acceptors (Lipinski definition) is 34. The minimum absolute atomic E-state index is 0.00352. The van der Waals surface area contributed by atoms with Crippen LogP contribution in [0.3, 0.4) is 0 Å². The third kappa shape index (κ3) is 60.3. The van der Waals surface area contributed by atoms with Gasteiger partial charge in [-0.15, -0.1) is 0 Å². The van der Waals surface area contributed by atoms with Crippen LogP contribution in [-0.4, -0.2) is 466 Å². The van der Waals surface area contributed by atoms with Crippen molar-refractivity contribution in [2.75, 3.05) is 311 Å². The van der Waals surface area contributed by atoms with Crippen LogP contribution in [0.15, 0.2) is 0 Å². The molecule has 0 aliphatic carbocycles. The van der Waals surface area contributed by atoms with Crippen molar-refractivity contribution < 1.29 is 128 Å². The van der Waals surface area contributed by atoms with Gasteiger partial charge in [0, 0.05) is 215 Å². The number of alkyl carbamates (subject to hydrolysis) is 6. The maximum Gasteiger partial charge on any atom is 0.408 e. The summed E-state index contributed by atoms with van der Waals surface area (Å²) >= 11 is 0. The van der Waals surface area contributed by atoms with E-state index in [1.54, 1.807) is 35.4 Å². The summed E-state index contributed by atoms with van der Waals surface area (Å²) in [6.07, 6.45) is 4.00. The minimum Gasteiger partial charge on any atom is -0.463 e. The largest absolute Gasteiger partial charge is 0.463 e. The van der Waals surface area contributed by atoms with E-state index in [1.807, 2.05) is 34.6 Å². The highest BCUT2D eigenvalue weighted by Gasteiger charge is 2.42. The highest BCUT2D eigenvalue weighted by atomic mass is 16.6. The summed E-state index contributed by atoms with van der Waals surface area (Å²) < 4.78 is 106. The van der Waals surface area contributed by atoms with E-state index < -0.39 is 65.6 Å². The van der Waals surface area contributed by atoms with E-state index in [0.29, 0.717) is 141 Å². The van der Waals surface area contributed by atoms with E-state index in [1.165, 1.54) is 20.0 Å². The summed E-state index contributed by atoms with van der Waals surface area (Å²) in [5.74, 6) is -0.662. The monoisotopic (exact) mass is 1910 g/mol. The fourth-order valence-corrected chi connectivity index (χ4v) is 13.5. The minimum atomic E-state index is -1.73. The molecule has 0 aromatic carbocycles. The lowest BCUT2D eigenvalue weighted by atomic mass is 9.92. The van der Waals surface area contributed by atoms with Gasteiger partial charge >= 0.3 is 42.5 Å². The molecule has 7 fully saturated rings. The average Bonchev–Trinajstić information content (AvgIpc) is 1.79. The Hall–Kier alpha value is -6.20. The first-order valence-corrected chi connectivity index (χ1v) is 48.6. The standard InChI is InChI=1S/C41H76N8O12.C22H40N4O6.C21H44O8.C8H16N2O/c1-33(46-13-14-46)5-9-42-37(50)58-25-21-54-29-41(30-55-22-26-59-38(51)43-10-6-34(2)47-15-16-47,31-56-23-27-60-39(52)44-11-7-35(3)48-17-18-48)32-57-24-28-61-40(53)45-12-8-36(4)49-19-20-49;1-5-6-15-30-19(27)22(4,32-21(29)24-10-8-18(3)26-13-14-26)16-31-20(28)23-9-7-17(2)25-11-12-25;1-17(24-7)11-26-13-21(14-27-12-18(2)25-8,15-28-19(3)9-22-5)16-29-20(4)10-23-6;1-7(10-5-6-10)3-4-9-8(2)11/h33-36H,5-32H2,1-4H3,(H,42,50)(H,43,51)(H,44,52)(H,45,53);17-18H,5-16H2,1-4H3,(H,23,28)(H,24,29);17-20H,9-16H2,1-8H3;7H,3-6H2,1-2H3,(H,9,11). The highest BCUT2D eigenvalue weighted by molar-refractivity contribution is 5.83. The van der Waals surface area contributed by atoms with E-state index in [2.05, 4.69) is 120 Å². The fourth-order valence-electron chi connectivity index (χ4n) is 13.5. The van der Waals surface area contributed by atoms with Crippen LogP contribution in [0.4, 0.5) is 28.8 Å². The van der Waals surface area contributed by atoms with Gasteiger partial charge in [0.05, 0.1) is 148 Å². The van der Waals surface area contributed by atoms with Crippen LogP contribution in [0.1, 0.15) is 155 Å². The number of rotatable bonds is 75. The predicted octanol–water partition coefficient (Wildman–Crippen LogP) is 5.45. The number of carbonyl (C=O) groups is 8. The van der Waals surface area contributed by atoms with E-state index in [9.17, 15) is 38.4 Å². The topological polar surface area (TPSA) is 417 Å². The third-order valence-electron chi connectivity index (χ3n) is 23.6. The second kappa shape index (κ2) is 69.6. The molecule has 7 heterocycles. The lowest BCUT2D eigenvalue weighted by Crippen LogP contribution is -2.49. The van der Waals surface area contributed by atoms with Crippen molar-refractivity contribution in [3.63, 3.8) is 0 Å². The summed E-state index contributed by atoms with van der Waals surface area (Å²) in [7, 11) is 6.66. The number of unbranched alkanes of at least 4 members (excludes halogenated alkanes) is 1. The highest BCUT2D eigenvalue weighted by Crippen LogP contribution is 2.26. The Bertz CT molecular complexity index is 2890. The molecule has 133 heavy (non-hydrogen) atoms. The van der Waals surface area contributed by atoms with Crippen molar-refractivity contribution in [1.82, 2.24) is 71.5 Å². The molecule has 7 N–H and O–H groups in total. The molecular formula is C92H176N14O27. The molecule has 0 bridgehead atoms. The van der Waals surface area contributed by atoms with E-state index in [-0.39, 0.29) is 116 Å². The molecule has 12 atom stereocenters. The molecular weight excluding hydrogens is 1730 g/mol. The lowest BCUT2D eigenvalue weighted by molar-refractivity contribution is -0.167. The number of ether oxygens (including phenoxy) is 19. The molecule has 7 rings (SSSR count). The molecule has 0 aromatic heterocycles. The van der Waals surface area contributed by atoms with Crippen molar-refractivity contribution in [3.8, 4) is 0 Å².